The summed E-state index contributed by atoms with van der Waals surface area (Å²) in [4.78, 5) is 0.204. The summed E-state index contributed by atoms with van der Waals surface area (Å²) >= 11 is 0. The lowest BCUT2D eigenvalue weighted by Gasteiger charge is -2.04. The smallest absolute Gasteiger partial charge is 0.178 e. The first-order valence-corrected chi connectivity index (χ1v) is 5.70. The van der Waals surface area contributed by atoms with Crippen LogP contribution in [0.25, 0.3) is 4.91 Å². The molecule has 0 heterocycles. The minimum Gasteiger partial charge on any atom is -0.224 e. The summed E-state index contributed by atoms with van der Waals surface area (Å²) in [5, 5.41) is 0. The largest absolute Gasteiger partial charge is 0.224 e. The van der Waals surface area contributed by atoms with Gasteiger partial charge in [-0.25, -0.2) is 8.42 Å². The highest BCUT2D eigenvalue weighted by atomic mass is 32.2. The van der Waals surface area contributed by atoms with Gasteiger partial charge in [-0.05, 0) is 5.56 Å². The third-order valence-electron chi connectivity index (χ3n) is 1.85. The van der Waals surface area contributed by atoms with Crippen LogP contribution in [0.3, 0.4) is 0 Å². The van der Waals surface area contributed by atoms with Gasteiger partial charge in [-0.15, -0.1) is 0 Å². The molecule has 0 spiro atoms. The van der Waals surface area contributed by atoms with E-state index in [2.05, 4.69) is 6.58 Å². The van der Waals surface area contributed by atoms with Crippen LogP contribution in [0, 0.1) is 0 Å². The van der Waals surface area contributed by atoms with E-state index in [0.29, 0.717) is 5.56 Å². The summed E-state index contributed by atoms with van der Waals surface area (Å²) in [5.41, 5.74) is 0.671. The van der Waals surface area contributed by atoms with Gasteiger partial charge >= 0.3 is 0 Å². The van der Waals surface area contributed by atoms with Gasteiger partial charge in [0.15, 0.2) is 9.84 Å². The molecule has 0 unspecified atom stereocenters. The topological polar surface area (TPSA) is 34.1 Å². The third kappa shape index (κ3) is 2.18. The molecule has 0 saturated carbocycles. The lowest BCUT2D eigenvalue weighted by atomic mass is 10.2. The summed E-state index contributed by atoms with van der Waals surface area (Å²) in [6.07, 6.45) is 0. The van der Waals surface area contributed by atoms with Crippen molar-refractivity contribution in [2.24, 2.45) is 0 Å². The fraction of sp³-hybridized carbons (Fsp3) is 0.200. The van der Waals surface area contributed by atoms with Crippen molar-refractivity contribution in [3.63, 3.8) is 0 Å². The zero-order valence-electron chi connectivity index (χ0n) is 7.53. The molecule has 0 aliphatic rings. The Morgan fingerprint density at radius 3 is 2.31 bits per heavy atom. The molecule has 2 nitrogen and oxygen atoms in total. The van der Waals surface area contributed by atoms with Crippen molar-refractivity contribution in [2.45, 2.75) is 6.92 Å². The second kappa shape index (κ2) is 3.75. The second-order valence-electron chi connectivity index (χ2n) is 2.69. The molecular weight excluding hydrogens is 184 g/mol. The zero-order chi connectivity index (χ0) is 9.90. The van der Waals surface area contributed by atoms with E-state index in [-0.39, 0.29) is 10.7 Å². The molecule has 0 aliphatic carbocycles. The number of hydrogen-bond donors (Lipinski definition) is 0. The van der Waals surface area contributed by atoms with Gasteiger partial charge in [0.05, 0.1) is 10.7 Å². The van der Waals surface area contributed by atoms with Crippen molar-refractivity contribution >= 4 is 14.7 Å². The Hall–Kier alpha value is -1.09. The van der Waals surface area contributed by atoms with Crippen LogP contribution in [0.15, 0.2) is 36.9 Å². The van der Waals surface area contributed by atoms with Gasteiger partial charge in [0, 0.05) is 0 Å². The van der Waals surface area contributed by atoms with Gasteiger partial charge in [0.25, 0.3) is 0 Å². The minimum absolute atomic E-state index is 0.0979. The fourth-order valence-electron chi connectivity index (χ4n) is 0.978. The zero-order valence-corrected chi connectivity index (χ0v) is 8.34. The van der Waals surface area contributed by atoms with Crippen LogP contribution < -0.4 is 0 Å². The molecule has 0 atom stereocenters. The Bertz CT molecular complexity index is 390. The van der Waals surface area contributed by atoms with E-state index in [9.17, 15) is 8.42 Å². The monoisotopic (exact) mass is 196 g/mol. The van der Waals surface area contributed by atoms with Crippen LogP contribution in [0.1, 0.15) is 12.5 Å². The predicted molar refractivity (Wildman–Crippen MR) is 54.9 cm³/mol. The van der Waals surface area contributed by atoms with Gasteiger partial charge in [-0.3, -0.25) is 0 Å². The second-order valence-corrected chi connectivity index (χ2v) is 4.99. The summed E-state index contributed by atoms with van der Waals surface area (Å²) in [7, 11) is -3.15. The lowest BCUT2D eigenvalue weighted by molar-refractivity contribution is 0.607. The fourth-order valence-corrected chi connectivity index (χ4v) is 1.82. The normalized spacial score (nSPS) is 11.2. The quantitative estimate of drug-likeness (QED) is 0.741. The Balaban J connectivity index is 3.07. The SMILES string of the molecule is C=C(c1ccccc1)S(=O)(=O)CC. The standard InChI is InChI=1S/C10H12O2S/c1-3-13(11,12)9(2)10-7-5-4-6-8-10/h4-8H,2-3H2,1H3. The Morgan fingerprint density at radius 1 is 1.31 bits per heavy atom. The molecule has 0 bridgehead atoms. The van der Waals surface area contributed by atoms with Crippen LogP contribution in [0.5, 0.6) is 0 Å². The van der Waals surface area contributed by atoms with Crippen LogP contribution >= 0.6 is 0 Å². The van der Waals surface area contributed by atoms with E-state index in [1.807, 2.05) is 6.07 Å². The lowest BCUT2D eigenvalue weighted by Crippen LogP contribution is -2.04. The van der Waals surface area contributed by atoms with Gasteiger partial charge in [0.1, 0.15) is 0 Å². The molecule has 0 fully saturated rings. The van der Waals surface area contributed by atoms with E-state index < -0.39 is 9.84 Å². The predicted octanol–water partition coefficient (Wildman–Crippen LogP) is 2.09. The number of rotatable bonds is 3. The average Bonchev–Trinajstić information content (AvgIpc) is 2.18. The van der Waals surface area contributed by atoms with Crippen molar-refractivity contribution < 1.29 is 8.42 Å². The average molecular weight is 196 g/mol. The molecule has 3 heteroatoms. The van der Waals surface area contributed by atoms with E-state index in [1.54, 1.807) is 31.2 Å². The first kappa shape index (κ1) is 9.99. The van der Waals surface area contributed by atoms with Gasteiger partial charge < -0.3 is 0 Å². The van der Waals surface area contributed by atoms with Gasteiger partial charge in [0.2, 0.25) is 0 Å². The number of hydrogen-bond acceptors (Lipinski definition) is 2. The van der Waals surface area contributed by atoms with Crippen LogP contribution in [0.4, 0.5) is 0 Å². The number of benzene rings is 1. The molecule has 0 saturated heterocycles. The molecule has 13 heavy (non-hydrogen) atoms. The summed E-state index contributed by atoms with van der Waals surface area (Å²) in [6.45, 7) is 5.19. The first-order chi connectivity index (χ1) is 6.08. The van der Waals surface area contributed by atoms with Crippen molar-refractivity contribution in [1.82, 2.24) is 0 Å². The van der Waals surface area contributed by atoms with E-state index in [1.165, 1.54) is 0 Å². The molecule has 1 aromatic rings. The molecule has 1 rings (SSSR count). The molecule has 0 amide bonds. The highest BCUT2D eigenvalue weighted by molar-refractivity contribution is 8.00. The Kier molecular flexibility index (Phi) is 2.88. The van der Waals surface area contributed by atoms with E-state index >= 15 is 0 Å². The number of sulfone groups is 1. The summed E-state index contributed by atoms with van der Waals surface area (Å²) in [6, 6.07) is 8.93. The molecule has 1 aromatic carbocycles. The van der Waals surface area contributed by atoms with Crippen molar-refractivity contribution in [3.8, 4) is 0 Å². The third-order valence-corrected chi connectivity index (χ3v) is 3.60. The maximum absolute atomic E-state index is 11.4. The van der Waals surface area contributed by atoms with Gasteiger partial charge in [-0.1, -0.05) is 43.8 Å². The Labute approximate surface area is 78.8 Å². The van der Waals surface area contributed by atoms with Crippen LogP contribution in [-0.4, -0.2) is 14.2 Å². The molecular formula is C10H12O2S. The molecule has 0 aliphatic heterocycles. The highest BCUT2D eigenvalue weighted by Crippen LogP contribution is 2.18. The van der Waals surface area contributed by atoms with E-state index in [0.717, 1.165) is 0 Å². The maximum Gasteiger partial charge on any atom is 0.178 e. The van der Waals surface area contributed by atoms with Crippen LogP contribution in [0.2, 0.25) is 0 Å². The summed E-state index contributed by atoms with van der Waals surface area (Å²) < 4.78 is 22.8. The molecule has 0 radical (unpaired) electrons. The van der Waals surface area contributed by atoms with Gasteiger partial charge in [-0.2, -0.15) is 0 Å². The van der Waals surface area contributed by atoms with Crippen molar-refractivity contribution in [1.29, 1.82) is 0 Å². The van der Waals surface area contributed by atoms with Crippen molar-refractivity contribution in [3.05, 3.63) is 42.5 Å². The maximum atomic E-state index is 11.4. The van der Waals surface area contributed by atoms with Crippen molar-refractivity contribution in [2.75, 3.05) is 5.75 Å². The highest BCUT2D eigenvalue weighted by Gasteiger charge is 2.13. The molecule has 0 N–H and O–H groups in total. The summed E-state index contributed by atoms with van der Waals surface area (Å²) in [5.74, 6) is 0.0979. The Morgan fingerprint density at radius 2 is 1.85 bits per heavy atom. The minimum atomic E-state index is -3.15. The first-order valence-electron chi connectivity index (χ1n) is 4.05. The molecule has 0 aromatic heterocycles. The molecule has 70 valence electrons. The van der Waals surface area contributed by atoms with Crippen LogP contribution in [-0.2, 0) is 9.84 Å². The van der Waals surface area contributed by atoms with E-state index in [4.69, 9.17) is 0 Å².